The molecule has 0 unspecified atom stereocenters. The van der Waals surface area contributed by atoms with E-state index >= 15 is 0 Å². The van der Waals surface area contributed by atoms with Crippen LogP contribution < -0.4 is 5.01 Å². The van der Waals surface area contributed by atoms with Crippen LogP contribution in [0.1, 0.15) is 5.56 Å². The lowest BCUT2D eigenvalue weighted by atomic mass is 9.96. The summed E-state index contributed by atoms with van der Waals surface area (Å²) >= 11 is 0. The highest BCUT2D eigenvalue weighted by molar-refractivity contribution is 6.21. The van der Waals surface area contributed by atoms with Gasteiger partial charge in [0.25, 0.3) is 5.69 Å². The van der Waals surface area contributed by atoms with E-state index in [1.165, 1.54) is 12.4 Å². The number of fused-ring (bicyclic) bond motifs is 2. The molecule has 7 heteroatoms. The van der Waals surface area contributed by atoms with E-state index in [2.05, 4.69) is 15.1 Å². The van der Waals surface area contributed by atoms with Gasteiger partial charge in [0.15, 0.2) is 0 Å². The first kappa shape index (κ1) is 14.5. The predicted octanol–water partition coefficient (Wildman–Crippen LogP) is 4.09. The molecule has 124 valence electrons. The van der Waals surface area contributed by atoms with E-state index < -0.39 is 4.92 Å². The zero-order valence-corrected chi connectivity index (χ0v) is 13.4. The Morgan fingerprint density at radius 3 is 2.88 bits per heavy atom. The van der Waals surface area contributed by atoms with Gasteiger partial charge in [-0.05, 0) is 17.7 Å². The minimum atomic E-state index is -0.390. The van der Waals surface area contributed by atoms with Crippen molar-refractivity contribution >= 4 is 41.4 Å². The van der Waals surface area contributed by atoms with Crippen LogP contribution in [0, 0.1) is 10.1 Å². The van der Waals surface area contributed by atoms with Crippen LogP contribution in [0.15, 0.2) is 69.3 Å². The van der Waals surface area contributed by atoms with Crippen molar-refractivity contribution in [3.05, 3.63) is 69.9 Å². The quantitative estimate of drug-likeness (QED) is 0.609. The zero-order chi connectivity index (χ0) is 17.7. The van der Waals surface area contributed by atoms with E-state index in [0.717, 1.165) is 39.3 Å². The van der Waals surface area contributed by atoms with Crippen molar-refractivity contribution in [2.24, 2.45) is 15.1 Å². The molecule has 0 N–H and O–H groups in total. The summed E-state index contributed by atoms with van der Waals surface area (Å²) < 4.78 is 0. The van der Waals surface area contributed by atoms with Gasteiger partial charge in [0.1, 0.15) is 6.34 Å². The average Bonchev–Trinajstić information content (AvgIpc) is 3.02. The topological polar surface area (TPSA) is 83.5 Å². The number of nitro benzene ring substituents is 1. The number of anilines is 1. The molecule has 7 nitrogen and oxygen atoms in total. The van der Waals surface area contributed by atoms with Crippen LogP contribution >= 0.6 is 0 Å². The SMILES string of the molecule is O=[N+]([O-])c1cccc(-c2ccc3c4c2N=CC4=CC=C2C=NC=NN23)c1. The second-order valence-electron chi connectivity index (χ2n) is 5.96. The molecule has 0 amide bonds. The van der Waals surface area contributed by atoms with Crippen LogP contribution in [0.5, 0.6) is 0 Å². The van der Waals surface area contributed by atoms with Gasteiger partial charge in [-0.15, -0.1) is 0 Å². The fourth-order valence-electron chi connectivity index (χ4n) is 3.32. The Bertz CT molecular complexity index is 1120. The van der Waals surface area contributed by atoms with Crippen LogP contribution in [0.25, 0.3) is 16.7 Å². The van der Waals surface area contributed by atoms with Crippen molar-refractivity contribution in [2.75, 3.05) is 5.01 Å². The zero-order valence-electron chi connectivity index (χ0n) is 13.4. The van der Waals surface area contributed by atoms with E-state index in [1.807, 2.05) is 41.6 Å². The normalized spacial score (nSPS) is 15.9. The number of allylic oxidation sites excluding steroid dienone is 4. The highest BCUT2D eigenvalue weighted by Crippen LogP contribution is 2.47. The third-order valence-electron chi connectivity index (χ3n) is 4.49. The van der Waals surface area contributed by atoms with Gasteiger partial charge in [0.2, 0.25) is 0 Å². The summed E-state index contributed by atoms with van der Waals surface area (Å²) in [5.74, 6) is 0. The smallest absolute Gasteiger partial charge is 0.258 e. The Kier molecular flexibility index (Phi) is 2.96. The molecule has 5 rings (SSSR count). The minimum absolute atomic E-state index is 0.0585. The molecule has 0 bridgehead atoms. The largest absolute Gasteiger partial charge is 0.270 e. The van der Waals surface area contributed by atoms with Crippen molar-refractivity contribution in [1.82, 2.24) is 0 Å². The Hall–Kier alpha value is -3.87. The number of hydrogen-bond acceptors (Lipinski definition) is 6. The summed E-state index contributed by atoms with van der Waals surface area (Å²) in [5, 5.41) is 17.3. The van der Waals surface area contributed by atoms with Gasteiger partial charge < -0.3 is 0 Å². The van der Waals surface area contributed by atoms with Crippen LogP contribution in [0.3, 0.4) is 0 Å². The Balaban J connectivity index is 1.72. The number of hydrazone groups is 1. The summed E-state index contributed by atoms with van der Waals surface area (Å²) in [4.78, 5) is 19.4. The molecule has 0 radical (unpaired) electrons. The molecule has 26 heavy (non-hydrogen) atoms. The Morgan fingerprint density at radius 1 is 1.08 bits per heavy atom. The number of non-ortho nitro benzene ring substituents is 1. The lowest BCUT2D eigenvalue weighted by Gasteiger charge is -2.23. The van der Waals surface area contributed by atoms with E-state index in [9.17, 15) is 10.1 Å². The van der Waals surface area contributed by atoms with Crippen LogP contribution in [-0.4, -0.2) is 23.7 Å². The fourth-order valence-corrected chi connectivity index (χ4v) is 3.32. The van der Waals surface area contributed by atoms with Crippen LogP contribution in [-0.2, 0) is 0 Å². The third-order valence-corrected chi connectivity index (χ3v) is 4.49. The van der Waals surface area contributed by atoms with Crippen molar-refractivity contribution in [1.29, 1.82) is 0 Å². The number of hydrogen-bond donors (Lipinski definition) is 0. The van der Waals surface area contributed by atoms with E-state index in [0.29, 0.717) is 0 Å². The van der Waals surface area contributed by atoms with Gasteiger partial charge >= 0.3 is 0 Å². The Morgan fingerprint density at radius 2 is 2.00 bits per heavy atom. The van der Waals surface area contributed by atoms with E-state index in [-0.39, 0.29) is 5.69 Å². The highest BCUT2D eigenvalue weighted by atomic mass is 16.6. The number of aliphatic imine (C=N–C) groups is 2. The average molecular weight is 341 g/mol. The number of nitro groups is 1. The molecule has 2 aromatic carbocycles. The van der Waals surface area contributed by atoms with E-state index in [1.54, 1.807) is 18.3 Å². The van der Waals surface area contributed by atoms with Gasteiger partial charge in [0.05, 0.1) is 28.2 Å². The van der Waals surface area contributed by atoms with Gasteiger partial charge in [-0.1, -0.05) is 24.3 Å². The molecule has 0 saturated carbocycles. The lowest BCUT2D eigenvalue weighted by molar-refractivity contribution is -0.384. The minimum Gasteiger partial charge on any atom is -0.258 e. The van der Waals surface area contributed by atoms with Gasteiger partial charge in [0, 0.05) is 35.0 Å². The van der Waals surface area contributed by atoms with Crippen molar-refractivity contribution in [3.8, 4) is 11.1 Å². The summed E-state index contributed by atoms with van der Waals surface area (Å²) in [6.07, 6.45) is 9.00. The molecule has 3 heterocycles. The van der Waals surface area contributed by atoms with Crippen LogP contribution in [0.4, 0.5) is 17.1 Å². The highest BCUT2D eigenvalue weighted by Gasteiger charge is 2.27. The molecule has 0 saturated heterocycles. The van der Waals surface area contributed by atoms with Gasteiger partial charge in [-0.3, -0.25) is 15.1 Å². The van der Waals surface area contributed by atoms with Crippen molar-refractivity contribution in [2.45, 2.75) is 0 Å². The molecule has 0 spiro atoms. The number of rotatable bonds is 2. The molecular weight excluding hydrogens is 330 g/mol. The van der Waals surface area contributed by atoms with Crippen molar-refractivity contribution < 1.29 is 4.92 Å². The summed E-state index contributed by atoms with van der Waals surface area (Å²) in [6.45, 7) is 0. The van der Waals surface area contributed by atoms with E-state index in [4.69, 9.17) is 0 Å². The molecule has 3 aliphatic heterocycles. The maximum Gasteiger partial charge on any atom is 0.270 e. The maximum absolute atomic E-state index is 11.1. The molecule has 0 aliphatic carbocycles. The maximum atomic E-state index is 11.1. The summed E-state index contributed by atoms with van der Waals surface area (Å²) in [6, 6.07) is 10.5. The second kappa shape index (κ2) is 5.32. The first-order valence-electron chi connectivity index (χ1n) is 7.96. The second-order valence-corrected chi connectivity index (χ2v) is 5.96. The van der Waals surface area contributed by atoms with Crippen LogP contribution in [0.2, 0.25) is 0 Å². The van der Waals surface area contributed by atoms with Gasteiger partial charge in [-0.25, -0.2) is 10.0 Å². The summed E-state index contributed by atoms with van der Waals surface area (Å²) in [7, 11) is 0. The predicted molar refractivity (Wildman–Crippen MR) is 102 cm³/mol. The molecule has 0 atom stereocenters. The molecule has 2 aromatic rings. The molecular formula is C19H11N5O2. The molecule has 3 aliphatic rings. The molecule has 0 aromatic heterocycles. The monoisotopic (exact) mass is 341 g/mol. The number of benzene rings is 2. The Labute approximate surface area is 148 Å². The number of nitrogens with zero attached hydrogens (tertiary/aromatic N) is 5. The standard InChI is InChI=1S/C19H11N5O2/c25-24(26)14-3-1-2-12(8-14)16-6-7-17-18-13(9-21-19(16)18)4-5-15-10-20-11-22-23(15)17/h1-11H. The first-order chi connectivity index (χ1) is 12.7. The fraction of sp³-hybridized carbons (Fsp3) is 0. The van der Waals surface area contributed by atoms with Gasteiger partial charge in [-0.2, -0.15) is 5.10 Å². The lowest BCUT2D eigenvalue weighted by Crippen LogP contribution is -2.19. The first-order valence-corrected chi connectivity index (χ1v) is 7.96. The summed E-state index contributed by atoms with van der Waals surface area (Å²) in [5.41, 5.74) is 6.18. The third kappa shape index (κ3) is 2.04. The van der Waals surface area contributed by atoms with Crippen molar-refractivity contribution in [3.63, 3.8) is 0 Å². The molecule has 0 fully saturated rings.